The van der Waals surface area contributed by atoms with Gasteiger partial charge in [0.05, 0.1) is 19.8 Å². The van der Waals surface area contributed by atoms with Crippen LogP contribution in [0.25, 0.3) is 0 Å². The van der Waals surface area contributed by atoms with Gasteiger partial charge >= 0.3 is 0 Å². The number of rotatable bonds is 10. The van der Waals surface area contributed by atoms with Gasteiger partial charge in [-0.3, -0.25) is 19.6 Å². The van der Waals surface area contributed by atoms with Crippen LogP contribution >= 0.6 is 0 Å². The summed E-state index contributed by atoms with van der Waals surface area (Å²) in [6.07, 6.45) is 4.74. The summed E-state index contributed by atoms with van der Waals surface area (Å²) < 4.78 is 24.7. The summed E-state index contributed by atoms with van der Waals surface area (Å²) in [4.78, 5) is 25.3. The Labute approximate surface area is 192 Å². The van der Waals surface area contributed by atoms with Crippen molar-refractivity contribution < 1.29 is 18.3 Å². The first-order valence-electron chi connectivity index (χ1n) is 11.0. The van der Waals surface area contributed by atoms with Gasteiger partial charge in [0.2, 0.25) is 5.89 Å². The number of amides is 1. The molecule has 2 aromatic heterocycles. The summed E-state index contributed by atoms with van der Waals surface area (Å²) in [5.41, 5.74) is 2.06. The van der Waals surface area contributed by atoms with E-state index >= 15 is 0 Å². The molecule has 0 unspecified atom stereocenters. The van der Waals surface area contributed by atoms with E-state index in [1.165, 1.54) is 18.4 Å². The summed E-state index contributed by atoms with van der Waals surface area (Å²) in [6, 6.07) is 10.3. The van der Waals surface area contributed by atoms with Crippen molar-refractivity contribution in [2.45, 2.75) is 19.6 Å². The zero-order valence-corrected chi connectivity index (χ0v) is 18.5. The maximum atomic E-state index is 13.7. The van der Waals surface area contributed by atoms with Gasteiger partial charge in [-0.2, -0.15) is 0 Å². The zero-order chi connectivity index (χ0) is 22.9. The molecule has 1 N–H and O–H groups in total. The Morgan fingerprint density at radius 3 is 2.73 bits per heavy atom. The van der Waals surface area contributed by atoms with Gasteiger partial charge in [0.15, 0.2) is 5.69 Å². The van der Waals surface area contributed by atoms with Crippen LogP contribution < -0.4 is 5.32 Å². The molecule has 0 radical (unpaired) electrons. The lowest BCUT2D eigenvalue weighted by Crippen LogP contribution is -2.41. The fourth-order valence-electron chi connectivity index (χ4n) is 3.67. The number of hydrogen-bond donors (Lipinski definition) is 1. The predicted molar refractivity (Wildman–Crippen MR) is 120 cm³/mol. The minimum atomic E-state index is -0.299. The first-order chi connectivity index (χ1) is 16.2. The lowest BCUT2D eigenvalue weighted by Gasteiger charge is -2.29. The first-order valence-corrected chi connectivity index (χ1v) is 11.0. The van der Waals surface area contributed by atoms with Crippen LogP contribution in [0.15, 0.2) is 59.5 Å². The second-order valence-corrected chi connectivity index (χ2v) is 7.96. The molecule has 33 heavy (non-hydrogen) atoms. The van der Waals surface area contributed by atoms with Crippen LogP contribution in [0.5, 0.6) is 0 Å². The van der Waals surface area contributed by atoms with E-state index in [1.54, 1.807) is 18.5 Å². The number of aromatic nitrogens is 2. The van der Waals surface area contributed by atoms with Gasteiger partial charge in [-0.05, 0) is 35.4 Å². The second kappa shape index (κ2) is 11.6. The summed E-state index contributed by atoms with van der Waals surface area (Å²) in [5.74, 6) is -0.112. The van der Waals surface area contributed by atoms with E-state index in [0.717, 1.165) is 50.5 Å². The van der Waals surface area contributed by atoms with Gasteiger partial charge in [0.25, 0.3) is 5.91 Å². The standard InChI is InChI=1S/C24H28FN5O3/c25-21-3-1-2-20(14-21)16-30(9-8-29-10-12-32-13-11-29)17-23-28-22(18-33-23)24(31)27-15-19-4-6-26-7-5-19/h1-7,14,18H,8-13,15-17H2,(H,27,31). The van der Waals surface area contributed by atoms with E-state index < -0.39 is 0 Å². The molecule has 0 saturated carbocycles. The Hall–Kier alpha value is -3.14. The van der Waals surface area contributed by atoms with Crippen LogP contribution in [0.4, 0.5) is 4.39 Å². The average Bonchev–Trinajstić information content (AvgIpc) is 3.31. The summed E-state index contributed by atoms with van der Waals surface area (Å²) in [5, 5.41) is 2.83. The third-order valence-electron chi connectivity index (χ3n) is 5.48. The van der Waals surface area contributed by atoms with Crippen molar-refractivity contribution >= 4 is 5.91 Å². The van der Waals surface area contributed by atoms with E-state index in [4.69, 9.17) is 9.15 Å². The molecule has 8 nitrogen and oxygen atoms in total. The molecule has 4 rings (SSSR count). The Bertz CT molecular complexity index is 1020. The van der Waals surface area contributed by atoms with Crippen LogP contribution in [-0.4, -0.2) is 65.1 Å². The molecular weight excluding hydrogens is 425 g/mol. The van der Waals surface area contributed by atoms with Gasteiger partial charge in [-0.15, -0.1) is 0 Å². The highest BCUT2D eigenvalue weighted by Gasteiger charge is 2.17. The van der Waals surface area contributed by atoms with Gasteiger partial charge in [-0.1, -0.05) is 12.1 Å². The number of benzene rings is 1. The van der Waals surface area contributed by atoms with E-state index in [1.807, 2.05) is 18.2 Å². The Morgan fingerprint density at radius 1 is 1.12 bits per heavy atom. The van der Waals surface area contributed by atoms with Crippen LogP contribution in [-0.2, 0) is 24.4 Å². The van der Waals surface area contributed by atoms with Crippen molar-refractivity contribution in [2.24, 2.45) is 0 Å². The van der Waals surface area contributed by atoms with Crippen molar-refractivity contribution in [3.63, 3.8) is 0 Å². The minimum absolute atomic E-state index is 0.234. The second-order valence-electron chi connectivity index (χ2n) is 7.96. The van der Waals surface area contributed by atoms with Crippen molar-refractivity contribution in [1.29, 1.82) is 0 Å². The van der Waals surface area contributed by atoms with Gasteiger partial charge in [-0.25, -0.2) is 9.37 Å². The summed E-state index contributed by atoms with van der Waals surface area (Å²) in [7, 11) is 0. The first kappa shape index (κ1) is 23.0. The van der Waals surface area contributed by atoms with Crippen LogP contribution in [0, 0.1) is 5.82 Å². The number of ether oxygens (including phenoxy) is 1. The number of pyridine rings is 1. The molecule has 3 aromatic rings. The van der Waals surface area contributed by atoms with E-state index in [-0.39, 0.29) is 17.4 Å². The topological polar surface area (TPSA) is 83.7 Å². The van der Waals surface area contributed by atoms with E-state index in [2.05, 4.69) is 25.1 Å². The monoisotopic (exact) mass is 453 g/mol. The maximum absolute atomic E-state index is 13.7. The molecule has 9 heteroatoms. The fourth-order valence-corrected chi connectivity index (χ4v) is 3.67. The number of nitrogens with zero attached hydrogens (tertiary/aromatic N) is 4. The molecule has 0 spiro atoms. The fraction of sp³-hybridized carbons (Fsp3) is 0.375. The summed E-state index contributed by atoms with van der Waals surface area (Å²) in [6.45, 7) is 6.23. The molecular formula is C24H28FN5O3. The van der Waals surface area contributed by atoms with Gasteiger partial charge in [0, 0.05) is 51.7 Å². The average molecular weight is 454 g/mol. The molecule has 1 aromatic carbocycles. The van der Waals surface area contributed by atoms with Crippen molar-refractivity contribution in [1.82, 2.24) is 25.1 Å². The molecule has 0 aliphatic carbocycles. The normalized spacial score (nSPS) is 14.5. The molecule has 0 bridgehead atoms. The third kappa shape index (κ3) is 7.18. The Balaban J connectivity index is 1.37. The van der Waals surface area contributed by atoms with Crippen molar-refractivity contribution in [3.05, 3.63) is 83.6 Å². The smallest absolute Gasteiger partial charge is 0.273 e. The van der Waals surface area contributed by atoms with Crippen molar-refractivity contribution in [2.75, 3.05) is 39.4 Å². The highest BCUT2D eigenvalue weighted by atomic mass is 19.1. The molecule has 1 saturated heterocycles. The molecule has 1 amide bonds. The number of carbonyl (C=O) groups is 1. The van der Waals surface area contributed by atoms with E-state index in [9.17, 15) is 9.18 Å². The number of nitrogens with one attached hydrogen (secondary N) is 1. The lowest BCUT2D eigenvalue weighted by atomic mass is 10.2. The largest absolute Gasteiger partial charge is 0.447 e. The molecule has 174 valence electrons. The zero-order valence-electron chi connectivity index (χ0n) is 18.5. The van der Waals surface area contributed by atoms with E-state index in [0.29, 0.717) is 25.5 Å². The van der Waals surface area contributed by atoms with Crippen LogP contribution in [0.3, 0.4) is 0 Å². The maximum Gasteiger partial charge on any atom is 0.273 e. The number of halogens is 1. The molecule has 1 fully saturated rings. The van der Waals surface area contributed by atoms with Gasteiger partial charge in [0.1, 0.15) is 12.1 Å². The lowest BCUT2D eigenvalue weighted by molar-refractivity contribution is 0.0320. The highest BCUT2D eigenvalue weighted by Crippen LogP contribution is 2.12. The molecule has 0 atom stereocenters. The number of morpholine rings is 1. The molecule has 1 aliphatic heterocycles. The quantitative estimate of drug-likeness (QED) is 0.505. The summed E-state index contributed by atoms with van der Waals surface area (Å²) >= 11 is 0. The van der Waals surface area contributed by atoms with Gasteiger partial charge < -0.3 is 14.5 Å². The number of oxazole rings is 1. The highest BCUT2D eigenvalue weighted by molar-refractivity contribution is 5.91. The van der Waals surface area contributed by atoms with Crippen molar-refractivity contribution in [3.8, 4) is 0 Å². The molecule has 3 heterocycles. The van der Waals surface area contributed by atoms with Crippen LogP contribution in [0.1, 0.15) is 27.5 Å². The molecule has 1 aliphatic rings. The van der Waals surface area contributed by atoms with Crippen LogP contribution in [0.2, 0.25) is 0 Å². The number of hydrogen-bond acceptors (Lipinski definition) is 7. The predicted octanol–water partition coefficient (Wildman–Crippen LogP) is 2.47. The minimum Gasteiger partial charge on any atom is -0.447 e. The Morgan fingerprint density at radius 2 is 1.94 bits per heavy atom. The Kier molecular flexibility index (Phi) is 8.13. The number of carbonyl (C=O) groups excluding carboxylic acids is 1. The third-order valence-corrected chi connectivity index (χ3v) is 5.48. The SMILES string of the molecule is O=C(NCc1ccncc1)c1coc(CN(CCN2CCOCC2)Cc2cccc(F)c2)n1.